The van der Waals surface area contributed by atoms with Gasteiger partial charge in [0, 0.05) is 31.1 Å². The molecule has 41 heavy (non-hydrogen) atoms. The topological polar surface area (TPSA) is 56.6 Å². The van der Waals surface area contributed by atoms with Crippen LogP contribution in [0, 0.1) is 24.2 Å². The minimum absolute atomic E-state index is 0.268. The molecule has 0 atom stereocenters. The van der Waals surface area contributed by atoms with Gasteiger partial charge in [0.25, 0.3) is 0 Å². The quantitative estimate of drug-likeness (QED) is 0.330. The Labute approximate surface area is 245 Å². The minimum Gasteiger partial charge on any atom is -0.444 e. The molecule has 0 saturated carbocycles. The average molecular weight is 586 g/mol. The van der Waals surface area contributed by atoms with E-state index in [1.165, 1.54) is 17.8 Å². The Morgan fingerprint density at radius 1 is 1.12 bits per heavy atom. The summed E-state index contributed by atoms with van der Waals surface area (Å²) in [5, 5.41) is 10.3. The highest BCUT2D eigenvalue weighted by atomic mass is 32.2. The zero-order valence-corrected chi connectivity index (χ0v) is 25.0. The van der Waals surface area contributed by atoms with Crippen LogP contribution in [-0.4, -0.2) is 47.7 Å². The Bertz CT molecular complexity index is 1320. The van der Waals surface area contributed by atoms with Crippen molar-refractivity contribution >= 4 is 17.9 Å². The molecular formula is C32H38F3N3O2S. The van der Waals surface area contributed by atoms with Gasteiger partial charge in [-0.25, -0.2) is 4.79 Å². The highest BCUT2D eigenvalue weighted by molar-refractivity contribution is 8.03. The molecule has 2 heterocycles. The molecule has 2 aromatic rings. The van der Waals surface area contributed by atoms with Gasteiger partial charge in [-0.15, -0.1) is 0 Å². The molecule has 2 aliphatic heterocycles. The van der Waals surface area contributed by atoms with Crippen molar-refractivity contribution in [2.45, 2.75) is 76.5 Å². The number of halogens is 3. The maximum Gasteiger partial charge on any atom is 0.416 e. The first-order chi connectivity index (χ1) is 19.3. The van der Waals surface area contributed by atoms with Gasteiger partial charge < -0.3 is 14.5 Å². The summed E-state index contributed by atoms with van der Waals surface area (Å²) in [4.78, 5) is 17.2. The molecule has 0 aliphatic carbocycles. The molecular weight excluding hydrogens is 547 g/mol. The molecule has 9 heteroatoms. The van der Waals surface area contributed by atoms with E-state index in [4.69, 9.17) is 4.74 Å². The van der Waals surface area contributed by atoms with Crippen LogP contribution in [0.15, 0.2) is 52.4 Å². The fourth-order valence-corrected chi connectivity index (χ4v) is 6.38. The van der Waals surface area contributed by atoms with Crippen LogP contribution in [0.25, 0.3) is 0 Å². The number of benzene rings is 2. The molecule has 1 fully saturated rings. The van der Waals surface area contributed by atoms with Crippen LogP contribution in [0.5, 0.6) is 0 Å². The fraction of sp³-hybridized carbons (Fsp3) is 0.500. The van der Waals surface area contributed by atoms with Gasteiger partial charge in [-0.3, -0.25) is 0 Å². The number of ether oxygens (including phenoxy) is 1. The minimum atomic E-state index is -4.38. The number of fused-ring (bicyclic) bond motifs is 1. The van der Waals surface area contributed by atoms with E-state index in [1.807, 2.05) is 45.9 Å². The second kappa shape index (κ2) is 12.8. The van der Waals surface area contributed by atoms with Gasteiger partial charge in [-0.05, 0) is 107 Å². The third-order valence-corrected chi connectivity index (χ3v) is 8.81. The summed E-state index contributed by atoms with van der Waals surface area (Å²) in [7, 11) is 0. The zero-order valence-electron chi connectivity index (χ0n) is 24.2. The van der Waals surface area contributed by atoms with Crippen molar-refractivity contribution in [3.05, 3.63) is 75.3 Å². The lowest BCUT2D eigenvalue weighted by molar-refractivity contribution is -0.137. The van der Waals surface area contributed by atoms with Crippen LogP contribution >= 0.6 is 11.8 Å². The first-order valence-corrected chi connectivity index (χ1v) is 14.9. The lowest BCUT2D eigenvalue weighted by atomic mass is 9.93. The van der Waals surface area contributed by atoms with Crippen molar-refractivity contribution in [2.24, 2.45) is 5.92 Å². The standard InChI is InChI=1S/C32H38F3N3O2S/c1-22-19-24(5-6-26(22)21-36)14-16-37(15-11-23-12-17-38(18-13-23)30(39)40-31(2,3)4)29-10-8-25-7-9-27(32(33,34)35)20-28(25)41-29/h5-7,9-10,19-20,23H,8,11-18H2,1-4H3. The molecule has 0 aromatic heterocycles. The molecule has 0 N–H and O–H groups in total. The predicted molar refractivity (Wildman–Crippen MR) is 155 cm³/mol. The molecule has 0 spiro atoms. The van der Waals surface area contributed by atoms with E-state index in [0.717, 1.165) is 66.6 Å². The highest BCUT2D eigenvalue weighted by Gasteiger charge is 2.32. The van der Waals surface area contributed by atoms with E-state index in [1.54, 1.807) is 11.0 Å². The van der Waals surface area contributed by atoms with Crippen molar-refractivity contribution in [1.82, 2.24) is 9.80 Å². The van der Waals surface area contributed by atoms with Crippen molar-refractivity contribution < 1.29 is 22.7 Å². The zero-order chi connectivity index (χ0) is 29.8. The van der Waals surface area contributed by atoms with Gasteiger partial charge in [-0.2, -0.15) is 18.4 Å². The molecule has 2 aliphatic rings. The largest absolute Gasteiger partial charge is 0.444 e. The van der Waals surface area contributed by atoms with Gasteiger partial charge in [-0.1, -0.05) is 30.0 Å². The number of likely N-dealkylation sites (tertiary alicyclic amines) is 1. The third-order valence-electron chi connectivity index (χ3n) is 7.57. The van der Waals surface area contributed by atoms with Crippen LogP contribution in [0.3, 0.4) is 0 Å². The fourth-order valence-electron chi connectivity index (χ4n) is 5.21. The molecule has 0 bridgehead atoms. The molecule has 2 aromatic carbocycles. The summed E-state index contributed by atoms with van der Waals surface area (Å²) in [6, 6.07) is 12.1. The van der Waals surface area contributed by atoms with Gasteiger partial charge in [0.15, 0.2) is 0 Å². The second-order valence-electron chi connectivity index (χ2n) is 11.9. The number of nitriles is 1. The maximum absolute atomic E-state index is 13.4. The van der Waals surface area contributed by atoms with E-state index >= 15 is 0 Å². The number of hydrogen-bond donors (Lipinski definition) is 0. The number of thioether (sulfide) groups is 1. The van der Waals surface area contributed by atoms with Gasteiger partial charge in [0.05, 0.1) is 22.2 Å². The van der Waals surface area contributed by atoms with Crippen LogP contribution in [0.1, 0.15) is 67.9 Å². The number of nitrogens with zero attached hydrogens (tertiary/aromatic N) is 3. The van der Waals surface area contributed by atoms with E-state index in [0.29, 0.717) is 35.9 Å². The van der Waals surface area contributed by atoms with Crippen LogP contribution in [0.2, 0.25) is 0 Å². The number of amides is 1. The number of carbonyl (C=O) groups excluding carboxylic acids is 1. The van der Waals surface area contributed by atoms with Crippen molar-refractivity contribution in [3.8, 4) is 6.07 Å². The summed E-state index contributed by atoms with van der Waals surface area (Å²) in [6.07, 6.45) is 1.55. The molecule has 0 radical (unpaired) electrons. The Balaban J connectivity index is 1.43. The summed E-state index contributed by atoms with van der Waals surface area (Å²) in [6.45, 7) is 10.3. The Hall–Kier alpha value is -3.12. The average Bonchev–Trinajstić information content (AvgIpc) is 2.91. The Kier molecular flexibility index (Phi) is 9.63. The summed E-state index contributed by atoms with van der Waals surface area (Å²) in [5.74, 6) is 0.451. The first-order valence-electron chi connectivity index (χ1n) is 14.1. The van der Waals surface area contributed by atoms with Crippen LogP contribution in [-0.2, 0) is 23.8 Å². The maximum atomic E-state index is 13.4. The third kappa shape index (κ3) is 8.45. The molecule has 0 unspecified atom stereocenters. The number of carbonyl (C=O) groups is 1. The lowest BCUT2D eigenvalue weighted by Gasteiger charge is -2.35. The van der Waals surface area contributed by atoms with Gasteiger partial charge in [0.1, 0.15) is 5.60 Å². The summed E-state index contributed by atoms with van der Waals surface area (Å²) >= 11 is 1.41. The van der Waals surface area contributed by atoms with Crippen molar-refractivity contribution in [3.63, 3.8) is 0 Å². The van der Waals surface area contributed by atoms with E-state index in [2.05, 4.69) is 17.0 Å². The van der Waals surface area contributed by atoms with Gasteiger partial charge >= 0.3 is 12.3 Å². The number of aryl methyl sites for hydroxylation is 1. The number of rotatable bonds is 7. The molecule has 220 valence electrons. The number of allylic oxidation sites excluding steroid dienone is 1. The smallest absolute Gasteiger partial charge is 0.416 e. The SMILES string of the molecule is Cc1cc(CCN(CCC2CCN(C(=O)OC(C)(C)C)CC2)C2=CCc3ccc(C(F)(F)F)cc3S2)ccc1C#N. The van der Waals surface area contributed by atoms with E-state index < -0.39 is 17.3 Å². The number of alkyl halides is 3. The molecule has 5 nitrogen and oxygen atoms in total. The first kappa shape index (κ1) is 30.8. The lowest BCUT2D eigenvalue weighted by Crippen LogP contribution is -2.42. The highest BCUT2D eigenvalue weighted by Crippen LogP contribution is 2.40. The number of piperidine rings is 1. The predicted octanol–water partition coefficient (Wildman–Crippen LogP) is 7.96. The van der Waals surface area contributed by atoms with Crippen molar-refractivity contribution in [2.75, 3.05) is 26.2 Å². The molecule has 1 saturated heterocycles. The molecule has 1 amide bonds. The molecule has 4 rings (SSSR count). The van der Waals surface area contributed by atoms with Crippen LogP contribution in [0.4, 0.5) is 18.0 Å². The van der Waals surface area contributed by atoms with E-state index in [9.17, 15) is 23.2 Å². The van der Waals surface area contributed by atoms with Crippen LogP contribution < -0.4 is 0 Å². The number of hydrogen-bond acceptors (Lipinski definition) is 5. The second-order valence-corrected chi connectivity index (χ2v) is 12.9. The monoisotopic (exact) mass is 585 g/mol. The Morgan fingerprint density at radius 3 is 2.49 bits per heavy atom. The summed E-state index contributed by atoms with van der Waals surface area (Å²) in [5.41, 5.74) is 2.48. The van der Waals surface area contributed by atoms with Crippen molar-refractivity contribution in [1.29, 1.82) is 5.26 Å². The Morgan fingerprint density at radius 2 is 1.85 bits per heavy atom. The van der Waals surface area contributed by atoms with Gasteiger partial charge in [0.2, 0.25) is 0 Å². The summed E-state index contributed by atoms with van der Waals surface area (Å²) < 4.78 is 45.7. The normalized spacial score (nSPS) is 16.0. The van der Waals surface area contributed by atoms with E-state index in [-0.39, 0.29) is 6.09 Å².